The summed E-state index contributed by atoms with van der Waals surface area (Å²) < 4.78 is 5.35. The molecule has 0 unspecified atom stereocenters. The zero-order chi connectivity index (χ0) is 10.2. The van der Waals surface area contributed by atoms with Crippen LogP contribution in [-0.2, 0) is 4.74 Å². The van der Waals surface area contributed by atoms with E-state index in [0.29, 0.717) is 12.5 Å². The third-order valence-corrected chi connectivity index (χ3v) is 4.20. The Morgan fingerprint density at radius 1 is 1.36 bits per heavy atom. The van der Waals surface area contributed by atoms with E-state index in [1.54, 1.807) is 0 Å². The highest BCUT2D eigenvalue weighted by atomic mass is 16.5. The maximum Gasteiger partial charge on any atom is 0.0722 e. The third-order valence-electron chi connectivity index (χ3n) is 4.20. The van der Waals surface area contributed by atoms with Gasteiger partial charge >= 0.3 is 0 Å². The van der Waals surface area contributed by atoms with Gasteiger partial charge in [-0.05, 0) is 31.6 Å². The van der Waals surface area contributed by atoms with E-state index in [1.807, 2.05) is 0 Å². The lowest BCUT2D eigenvalue weighted by molar-refractivity contribution is -0.188. The minimum Gasteiger partial charge on any atom is -0.389 e. The van der Waals surface area contributed by atoms with E-state index >= 15 is 0 Å². The summed E-state index contributed by atoms with van der Waals surface area (Å²) in [6, 6.07) is 0. The smallest absolute Gasteiger partial charge is 0.0722 e. The fourth-order valence-electron chi connectivity index (χ4n) is 3.15. The van der Waals surface area contributed by atoms with Crippen molar-refractivity contribution in [1.29, 1.82) is 0 Å². The summed E-state index contributed by atoms with van der Waals surface area (Å²) in [6.45, 7) is 4.30. The minimum atomic E-state index is -0.495. The molecule has 14 heavy (non-hydrogen) atoms. The first-order chi connectivity index (χ1) is 6.62. The largest absolute Gasteiger partial charge is 0.389 e. The van der Waals surface area contributed by atoms with E-state index in [0.717, 1.165) is 38.9 Å². The number of nitrogens with two attached hydrogens (primary N) is 1. The second-order valence-corrected chi connectivity index (χ2v) is 5.14. The zero-order valence-corrected chi connectivity index (χ0v) is 8.96. The van der Waals surface area contributed by atoms with Crippen LogP contribution in [0.3, 0.4) is 0 Å². The molecule has 2 aliphatic rings. The summed E-state index contributed by atoms with van der Waals surface area (Å²) in [4.78, 5) is 0. The molecule has 1 aliphatic carbocycles. The predicted molar refractivity (Wildman–Crippen MR) is 54.9 cm³/mol. The first-order valence-electron chi connectivity index (χ1n) is 5.62. The quantitative estimate of drug-likeness (QED) is 0.695. The lowest BCUT2D eigenvalue weighted by Gasteiger charge is -2.56. The van der Waals surface area contributed by atoms with Gasteiger partial charge in [0.05, 0.1) is 5.60 Å². The van der Waals surface area contributed by atoms with Gasteiger partial charge in [0.1, 0.15) is 0 Å². The number of hydrogen-bond donors (Lipinski definition) is 2. The van der Waals surface area contributed by atoms with Crippen molar-refractivity contribution in [1.82, 2.24) is 0 Å². The van der Waals surface area contributed by atoms with Crippen molar-refractivity contribution in [3.63, 3.8) is 0 Å². The average molecular weight is 199 g/mol. The van der Waals surface area contributed by atoms with Gasteiger partial charge in [-0.15, -0.1) is 0 Å². The highest BCUT2D eigenvalue weighted by molar-refractivity contribution is 5.07. The van der Waals surface area contributed by atoms with Crippen molar-refractivity contribution >= 4 is 0 Å². The van der Waals surface area contributed by atoms with Crippen LogP contribution in [0.1, 0.15) is 32.6 Å². The lowest BCUT2D eigenvalue weighted by atomic mass is 9.55. The molecule has 3 nitrogen and oxygen atoms in total. The molecule has 0 aromatic carbocycles. The van der Waals surface area contributed by atoms with E-state index in [4.69, 9.17) is 10.5 Å². The Kier molecular flexibility index (Phi) is 2.58. The second kappa shape index (κ2) is 3.47. The van der Waals surface area contributed by atoms with Crippen molar-refractivity contribution in [2.24, 2.45) is 17.1 Å². The molecule has 3 N–H and O–H groups in total. The third kappa shape index (κ3) is 1.38. The van der Waals surface area contributed by atoms with Gasteiger partial charge in [-0.2, -0.15) is 0 Å². The van der Waals surface area contributed by atoms with Crippen LogP contribution in [0.25, 0.3) is 0 Å². The van der Waals surface area contributed by atoms with Crippen molar-refractivity contribution in [2.75, 3.05) is 19.8 Å². The van der Waals surface area contributed by atoms with Crippen LogP contribution in [0.5, 0.6) is 0 Å². The normalized spacial score (nSPS) is 41.8. The molecular formula is C11H21NO2. The van der Waals surface area contributed by atoms with Crippen LogP contribution in [0.4, 0.5) is 0 Å². The van der Waals surface area contributed by atoms with Crippen molar-refractivity contribution < 1.29 is 9.84 Å². The van der Waals surface area contributed by atoms with E-state index < -0.39 is 5.60 Å². The van der Waals surface area contributed by atoms with Gasteiger partial charge in [0, 0.05) is 25.2 Å². The SMILES string of the molecule is CC1CC(O)(C2(CN)CCOCC2)C1. The average Bonchev–Trinajstić information content (AvgIpc) is 2.16. The van der Waals surface area contributed by atoms with Gasteiger partial charge in [-0.1, -0.05) is 6.92 Å². The maximum absolute atomic E-state index is 10.5. The summed E-state index contributed by atoms with van der Waals surface area (Å²) in [5.41, 5.74) is 5.31. The molecule has 1 saturated heterocycles. The summed E-state index contributed by atoms with van der Waals surface area (Å²) in [6.07, 6.45) is 3.69. The van der Waals surface area contributed by atoms with Crippen LogP contribution < -0.4 is 5.73 Å². The molecule has 0 bridgehead atoms. The molecular weight excluding hydrogens is 178 g/mol. The molecule has 2 rings (SSSR count). The van der Waals surface area contributed by atoms with Crippen LogP contribution in [-0.4, -0.2) is 30.5 Å². The summed E-state index contributed by atoms with van der Waals surface area (Å²) in [5, 5.41) is 10.5. The first kappa shape index (κ1) is 10.4. The van der Waals surface area contributed by atoms with E-state index in [1.165, 1.54) is 0 Å². The van der Waals surface area contributed by atoms with E-state index in [-0.39, 0.29) is 5.41 Å². The Labute approximate surface area is 85.6 Å². The molecule has 0 amide bonds. The summed E-state index contributed by atoms with van der Waals surface area (Å²) in [5.74, 6) is 0.659. The Hall–Kier alpha value is -0.120. The Morgan fingerprint density at radius 2 is 1.93 bits per heavy atom. The Morgan fingerprint density at radius 3 is 2.36 bits per heavy atom. The van der Waals surface area contributed by atoms with Crippen LogP contribution in [0, 0.1) is 11.3 Å². The van der Waals surface area contributed by atoms with Gasteiger partial charge in [0.15, 0.2) is 0 Å². The van der Waals surface area contributed by atoms with Gasteiger partial charge in [-0.3, -0.25) is 0 Å². The topological polar surface area (TPSA) is 55.5 Å². The maximum atomic E-state index is 10.5. The first-order valence-corrected chi connectivity index (χ1v) is 5.62. The van der Waals surface area contributed by atoms with Crippen molar-refractivity contribution in [2.45, 2.75) is 38.2 Å². The number of aliphatic hydroxyl groups is 1. The predicted octanol–water partition coefficient (Wildman–Crippen LogP) is 0.903. The second-order valence-electron chi connectivity index (χ2n) is 5.14. The molecule has 2 fully saturated rings. The molecule has 0 spiro atoms. The van der Waals surface area contributed by atoms with Crippen LogP contribution in [0.15, 0.2) is 0 Å². The highest BCUT2D eigenvalue weighted by Crippen LogP contribution is 2.53. The van der Waals surface area contributed by atoms with Gasteiger partial charge in [0.25, 0.3) is 0 Å². The summed E-state index contributed by atoms with van der Waals surface area (Å²) >= 11 is 0. The number of hydrogen-bond acceptors (Lipinski definition) is 3. The molecule has 1 heterocycles. The molecule has 0 aromatic rings. The fraction of sp³-hybridized carbons (Fsp3) is 1.00. The van der Waals surface area contributed by atoms with Crippen LogP contribution >= 0.6 is 0 Å². The van der Waals surface area contributed by atoms with E-state index in [9.17, 15) is 5.11 Å². The molecule has 1 aliphatic heterocycles. The number of ether oxygens (including phenoxy) is 1. The minimum absolute atomic E-state index is 0.0578. The van der Waals surface area contributed by atoms with E-state index in [2.05, 4.69) is 6.92 Å². The molecule has 0 atom stereocenters. The molecule has 3 heteroatoms. The highest BCUT2D eigenvalue weighted by Gasteiger charge is 2.55. The standard InChI is InChI=1S/C11H21NO2/c1-9-6-11(13,7-9)10(8-12)2-4-14-5-3-10/h9,13H,2-8,12H2,1H3. The fourth-order valence-corrected chi connectivity index (χ4v) is 3.15. The molecule has 82 valence electrons. The molecule has 1 saturated carbocycles. The molecule has 0 radical (unpaired) electrons. The van der Waals surface area contributed by atoms with Gasteiger partial charge in [-0.25, -0.2) is 0 Å². The monoisotopic (exact) mass is 199 g/mol. The van der Waals surface area contributed by atoms with Crippen LogP contribution in [0.2, 0.25) is 0 Å². The van der Waals surface area contributed by atoms with Gasteiger partial charge < -0.3 is 15.6 Å². The molecule has 0 aromatic heterocycles. The Bertz CT molecular complexity index is 205. The van der Waals surface area contributed by atoms with Gasteiger partial charge in [0.2, 0.25) is 0 Å². The van der Waals surface area contributed by atoms with Crippen molar-refractivity contribution in [3.8, 4) is 0 Å². The Balaban J connectivity index is 2.10. The van der Waals surface area contributed by atoms with Crippen molar-refractivity contribution in [3.05, 3.63) is 0 Å². The zero-order valence-electron chi connectivity index (χ0n) is 8.96. The lowest BCUT2D eigenvalue weighted by Crippen LogP contribution is -2.61. The number of rotatable bonds is 2. The summed E-state index contributed by atoms with van der Waals surface area (Å²) in [7, 11) is 0.